The van der Waals surface area contributed by atoms with Crippen LogP contribution in [-0.4, -0.2) is 88.1 Å². The van der Waals surface area contributed by atoms with Gasteiger partial charge in [0.05, 0.1) is 29.4 Å². The Morgan fingerprint density at radius 3 is 2.47 bits per heavy atom. The third kappa shape index (κ3) is 5.70. The van der Waals surface area contributed by atoms with Gasteiger partial charge in [-0.2, -0.15) is 0 Å². The number of methoxy groups -OCH3 is 1. The maximum Gasteiger partial charge on any atom is 0.329 e. The predicted molar refractivity (Wildman–Crippen MR) is 200 cm³/mol. The van der Waals surface area contributed by atoms with Gasteiger partial charge < -0.3 is 19.9 Å². The average molecular weight is 715 g/mol. The number of amides is 3. The number of aromatic nitrogens is 4. The number of aryl methyl sites for hydroxylation is 1. The SMILES string of the molecule is COc1ccc2c(c1CCN1CCN(c3ccc(-c4cc(-c5cc6c([nH]5)C5(CC5)CNC6=O)ccn4)cc3)CC1)n(C)c(=O)n2C1CCC(=O)NC1=O. The molecule has 1 aliphatic carbocycles. The molecular formula is C40H42N8O5. The lowest BCUT2D eigenvalue weighted by atomic mass is 9.95. The van der Waals surface area contributed by atoms with Crippen LogP contribution in [0.3, 0.4) is 0 Å². The Balaban J connectivity index is 0.863. The molecule has 272 valence electrons. The minimum absolute atomic E-state index is 0.00377. The molecule has 1 atom stereocenters. The van der Waals surface area contributed by atoms with Crippen LogP contribution >= 0.6 is 0 Å². The van der Waals surface area contributed by atoms with Gasteiger partial charge in [-0.05, 0) is 68.1 Å². The number of piperazine rings is 1. The molecule has 1 saturated carbocycles. The minimum atomic E-state index is -0.732. The number of aromatic amines is 1. The summed E-state index contributed by atoms with van der Waals surface area (Å²) in [4.78, 5) is 63.6. The molecule has 13 nitrogen and oxygen atoms in total. The second-order valence-electron chi connectivity index (χ2n) is 14.8. The number of H-pyrrole nitrogens is 1. The van der Waals surface area contributed by atoms with Gasteiger partial charge >= 0.3 is 5.69 Å². The summed E-state index contributed by atoms with van der Waals surface area (Å²) in [5.41, 5.74) is 9.02. The summed E-state index contributed by atoms with van der Waals surface area (Å²) in [6, 6.07) is 17.6. The van der Waals surface area contributed by atoms with E-state index in [2.05, 4.69) is 60.7 Å². The van der Waals surface area contributed by atoms with E-state index in [0.29, 0.717) is 30.7 Å². The summed E-state index contributed by atoms with van der Waals surface area (Å²) < 4.78 is 8.88. The van der Waals surface area contributed by atoms with Gasteiger partial charge in [0, 0.05) is 98.1 Å². The summed E-state index contributed by atoms with van der Waals surface area (Å²) in [7, 11) is 3.36. The lowest BCUT2D eigenvalue weighted by Crippen LogP contribution is -2.47. The first-order valence-electron chi connectivity index (χ1n) is 18.4. The Hall–Kier alpha value is -5.69. The highest BCUT2D eigenvalue weighted by molar-refractivity contribution is 6.00. The largest absolute Gasteiger partial charge is 0.496 e. The first kappa shape index (κ1) is 33.2. The van der Waals surface area contributed by atoms with E-state index in [-0.39, 0.29) is 29.3 Å². The van der Waals surface area contributed by atoms with E-state index in [1.54, 1.807) is 18.7 Å². The number of anilines is 1. The van der Waals surface area contributed by atoms with Crippen molar-refractivity contribution in [1.82, 2.24) is 34.6 Å². The lowest BCUT2D eigenvalue weighted by molar-refractivity contribution is -0.135. The number of fused-ring (bicyclic) bond motifs is 3. The van der Waals surface area contributed by atoms with Crippen molar-refractivity contribution in [1.29, 1.82) is 0 Å². The fourth-order valence-electron chi connectivity index (χ4n) is 8.51. The predicted octanol–water partition coefficient (Wildman–Crippen LogP) is 3.52. The zero-order chi connectivity index (χ0) is 36.4. The van der Waals surface area contributed by atoms with E-state index in [4.69, 9.17) is 4.74 Å². The number of carbonyl (C=O) groups excluding carboxylic acids is 3. The number of imidazole rings is 1. The number of piperidine rings is 1. The van der Waals surface area contributed by atoms with Crippen molar-refractivity contribution in [3.8, 4) is 28.3 Å². The van der Waals surface area contributed by atoms with Crippen LogP contribution in [0.2, 0.25) is 0 Å². The average Bonchev–Trinajstić information content (AvgIpc) is 3.73. The van der Waals surface area contributed by atoms with Gasteiger partial charge in [0.15, 0.2) is 0 Å². The molecule has 3 N–H and O–H groups in total. The normalized spacial score (nSPS) is 19.7. The van der Waals surface area contributed by atoms with Crippen LogP contribution in [-0.2, 0) is 28.5 Å². The highest BCUT2D eigenvalue weighted by Crippen LogP contribution is 2.50. The van der Waals surface area contributed by atoms with Gasteiger partial charge in [0.2, 0.25) is 11.8 Å². The Morgan fingerprint density at radius 2 is 1.74 bits per heavy atom. The Bertz CT molecular complexity index is 2340. The van der Waals surface area contributed by atoms with Crippen molar-refractivity contribution in [2.24, 2.45) is 7.05 Å². The highest BCUT2D eigenvalue weighted by atomic mass is 16.5. The molecule has 9 rings (SSSR count). The summed E-state index contributed by atoms with van der Waals surface area (Å²) >= 11 is 0. The quantitative estimate of drug-likeness (QED) is 0.207. The van der Waals surface area contributed by atoms with E-state index >= 15 is 0 Å². The first-order valence-corrected chi connectivity index (χ1v) is 18.4. The van der Waals surface area contributed by atoms with E-state index in [0.717, 1.165) is 90.4 Å². The molecule has 4 aliphatic rings. The summed E-state index contributed by atoms with van der Waals surface area (Å²) in [6.07, 6.45) is 5.19. The first-order chi connectivity index (χ1) is 25.7. The van der Waals surface area contributed by atoms with Crippen molar-refractivity contribution in [3.05, 3.63) is 88.1 Å². The molecule has 53 heavy (non-hydrogen) atoms. The number of nitrogens with zero attached hydrogens (tertiary/aromatic N) is 5. The topological polar surface area (TPSA) is 147 Å². The van der Waals surface area contributed by atoms with E-state index in [1.807, 2.05) is 30.5 Å². The van der Waals surface area contributed by atoms with Gasteiger partial charge in [-0.1, -0.05) is 12.1 Å². The molecule has 3 aromatic heterocycles. The van der Waals surface area contributed by atoms with Crippen LogP contribution in [0.25, 0.3) is 33.5 Å². The number of ether oxygens (including phenoxy) is 1. The van der Waals surface area contributed by atoms with Gasteiger partial charge in [0.25, 0.3) is 5.91 Å². The zero-order valence-electron chi connectivity index (χ0n) is 29.9. The van der Waals surface area contributed by atoms with Crippen LogP contribution in [0.4, 0.5) is 5.69 Å². The molecule has 13 heteroatoms. The molecule has 1 spiro atoms. The molecule has 0 bridgehead atoms. The Kier molecular flexibility index (Phi) is 7.99. The molecule has 3 fully saturated rings. The number of carbonyl (C=O) groups is 3. The van der Waals surface area contributed by atoms with Crippen molar-refractivity contribution >= 4 is 34.4 Å². The van der Waals surface area contributed by atoms with Crippen LogP contribution in [0.5, 0.6) is 5.75 Å². The van der Waals surface area contributed by atoms with Gasteiger partial charge in [-0.15, -0.1) is 0 Å². The lowest BCUT2D eigenvalue weighted by Gasteiger charge is -2.36. The minimum Gasteiger partial charge on any atom is -0.496 e. The summed E-state index contributed by atoms with van der Waals surface area (Å²) in [5, 5.41) is 5.44. The van der Waals surface area contributed by atoms with E-state index in [9.17, 15) is 19.2 Å². The van der Waals surface area contributed by atoms with Crippen molar-refractivity contribution < 1.29 is 19.1 Å². The number of rotatable bonds is 8. The fraction of sp³-hybridized carbons (Fsp3) is 0.375. The van der Waals surface area contributed by atoms with E-state index < -0.39 is 11.9 Å². The number of imide groups is 1. The standard InChI is InChI=1S/C40H42N8O5/c1-45-35-27(33(53-2)9-7-31(35)48(39(45)52)32-8-10-34(49)44-38(32)51)12-16-46-17-19-47(20-18-46)26-5-3-24(4-6-26)29-21-25(11-15-41-29)30-22-28-36(43-30)40(13-14-40)23-42-37(28)50/h3-7,9,11,15,21-22,32,43H,8,10,12-14,16-20,23H2,1-2H3,(H,42,50)(H,44,49,51). The van der Waals surface area contributed by atoms with Crippen molar-refractivity contribution in [2.45, 2.75) is 43.6 Å². The van der Waals surface area contributed by atoms with Crippen molar-refractivity contribution in [3.63, 3.8) is 0 Å². The molecule has 2 aromatic carbocycles. The smallest absolute Gasteiger partial charge is 0.329 e. The van der Waals surface area contributed by atoms with Gasteiger partial charge in [-0.25, -0.2) is 4.79 Å². The van der Waals surface area contributed by atoms with Crippen LogP contribution in [0.1, 0.15) is 53.3 Å². The molecule has 0 radical (unpaired) electrons. The summed E-state index contributed by atoms with van der Waals surface area (Å²) in [5.74, 6) is -0.0521. The van der Waals surface area contributed by atoms with Gasteiger partial charge in [0.1, 0.15) is 11.8 Å². The van der Waals surface area contributed by atoms with Crippen LogP contribution in [0.15, 0.2) is 65.6 Å². The molecule has 5 aromatic rings. The third-order valence-electron chi connectivity index (χ3n) is 11.7. The number of benzene rings is 2. The molecule has 1 unspecified atom stereocenters. The molecule has 3 amide bonds. The van der Waals surface area contributed by atoms with Crippen LogP contribution in [0, 0.1) is 0 Å². The third-order valence-corrected chi connectivity index (χ3v) is 11.7. The number of hydrogen-bond acceptors (Lipinski definition) is 8. The molecule has 2 saturated heterocycles. The Labute approximate surface area is 305 Å². The number of nitrogens with one attached hydrogen (secondary N) is 3. The van der Waals surface area contributed by atoms with E-state index in [1.165, 1.54) is 10.3 Å². The number of hydrogen-bond donors (Lipinski definition) is 3. The fourth-order valence-corrected chi connectivity index (χ4v) is 8.51. The Morgan fingerprint density at radius 1 is 0.943 bits per heavy atom. The maximum atomic E-state index is 13.5. The molecule has 3 aliphatic heterocycles. The summed E-state index contributed by atoms with van der Waals surface area (Å²) in [6.45, 7) is 5.04. The zero-order valence-corrected chi connectivity index (χ0v) is 29.9. The number of pyridine rings is 1. The second kappa shape index (κ2) is 12.8. The molecule has 6 heterocycles. The highest BCUT2D eigenvalue weighted by Gasteiger charge is 2.50. The molecular weight excluding hydrogens is 672 g/mol. The second-order valence-corrected chi connectivity index (χ2v) is 14.8. The van der Waals surface area contributed by atoms with Gasteiger partial charge in [-0.3, -0.25) is 38.7 Å². The van der Waals surface area contributed by atoms with Crippen LogP contribution < -0.4 is 26.0 Å². The monoisotopic (exact) mass is 714 g/mol. The maximum absolute atomic E-state index is 13.5. The van der Waals surface area contributed by atoms with Crippen molar-refractivity contribution in [2.75, 3.05) is 51.3 Å².